The molecule has 0 bridgehead atoms. The van der Waals surface area contributed by atoms with Crippen LogP contribution in [0.5, 0.6) is 0 Å². The second kappa shape index (κ2) is 8.90. The van der Waals surface area contributed by atoms with E-state index < -0.39 is 0 Å². The topological polar surface area (TPSA) is 55.1 Å². The van der Waals surface area contributed by atoms with Gasteiger partial charge in [-0.25, -0.2) is 9.50 Å². The van der Waals surface area contributed by atoms with Crippen LogP contribution in [0.1, 0.15) is 37.6 Å². The molecule has 24 heavy (non-hydrogen) atoms. The summed E-state index contributed by atoms with van der Waals surface area (Å²) in [6, 6.07) is 9.71. The zero-order valence-electron chi connectivity index (χ0n) is 13.6. The van der Waals surface area contributed by atoms with Gasteiger partial charge in [0.1, 0.15) is 11.5 Å². The summed E-state index contributed by atoms with van der Waals surface area (Å²) >= 11 is 0. The summed E-state index contributed by atoms with van der Waals surface area (Å²) in [6.45, 7) is 2.79. The number of unbranched alkanes of at least 4 members (excludes halogenated alkanes) is 2. The van der Waals surface area contributed by atoms with E-state index in [1.807, 2.05) is 30.3 Å². The molecule has 0 aliphatic rings. The number of imidazole rings is 1. The molecule has 3 rings (SSSR count). The molecule has 1 N–H and O–H groups in total. The third kappa shape index (κ3) is 4.46. The number of hydrogen-bond donors (Lipinski definition) is 1. The van der Waals surface area contributed by atoms with Gasteiger partial charge >= 0.3 is 0 Å². The van der Waals surface area contributed by atoms with Crippen LogP contribution in [0.2, 0.25) is 0 Å². The van der Waals surface area contributed by atoms with E-state index in [0.717, 1.165) is 42.1 Å². The molecule has 124 valence electrons. The highest BCUT2D eigenvalue weighted by Gasteiger charge is 2.03. The molecule has 3 heterocycles. The van der Waals surface area contributed by atoms with Crippen LogP contribution in [0.4, 0.5) is 5.82 Å². The first-order valence-corrected chi connectivity index (χ1v) is 7.84. The summed E-state index contributed by atoms with van der Waals surface area (Å²) in [4.78, 5) is 8.62. The average Bonchev–Trinajstić information content (AvgIpc) is 3.00. The zero-order valence-corrected chi connectivity index (χ0v) is 14.4. The van der Waals surface area contributed by atoms with Crippen molar-refractivity contribution in [3.05, 3.63) is 54.1 Å². The first-order chi connectivity index (χ1) is 11.4. The first kappa shape index (κ1) is 17.8. The number of rotatable bonds is 5. The fourth-order valence-electron chi connectivity index (χ4n) is 2.15. The molecule has 0 spiro atoms. The summed E-state index contributed by atoms with van der Waals surface area (Å²) in [7, 11) is 0. The van der Waals surface area contributed by atoms with Gasteiger partial charge in [0, 0.05) is 12.6 Å². The maximum absolute atomic E-state index is 4.56. The van der Waals surface area contributed by atoms with Crippen molar-refractivity contribution in [2.75, 3.05) is 5.32 Å². The van der Waals surface area contributed by atoms with Gasteiger partial charge in [-0.05, 0) is 36.6 Å². The molecular formula is C18H20ClN5. The lowest BCUT2D eigenvalue weighted by Crippen LogP contribution is -2.05. The minimum Gasteiger partial charge on any atom is -0.363 e. The highest BCUT2D eigenvalue weighted by atomic mass is 35.5. The predicted octanol–water partition coefficient (Wildman–Crippen LogP) is 3.70. The Morgan fingerprint density at radius 1 is 1.17 bits per heavy atom. The van der Waals surface area contributed by atoms with Crippen LogP contribution < -0.4 is 5.32 Å². The van der Waals surface area contributed by atoms with E-state index in [0.29, 0.717) is 6.54 Å². The van der Waals surface area contributed by atoms with E-state index in [1.165, 1.54) is 0 Å². The second-order valence-corrected chi connectivity index (χ2v) is 5.21. The summed E-state index contributed by atoms with van der Waals surface area (Å²) < 4.78 is 1.78. The van der Waals surface area contributed by atoms with Crippen LogP contribution in [0, 0.1) is 11.8 Å². The molecule has 3 aromatic rings. The highest BCUT2D eigenvalue weighted by molar-refractivity contribution is 5.85. The van der Waals surface area contributed by atoms with E-state index in [4.69, 9.17) is 0 Å². The minimum absolute atomic E-state index is 0. The Kier molecular flexibility index (Phi) is 6.59. The molecular weight excluding hydrogens is 322 g/mol. The van der Waals surface area contributed by atoms with Gasteiger partial charge < -0.3 is 5.32 Å². The molecule has 0 atom stereocenters. The molecule has 0 saturated heterocycles. The van der Waals surface area contributed by atoms with Crippen molar-refractivity contribution in [3.63, 3.8) is 0 Å². The second-order valence-electron chi connectivity index (χ2n) is 5.21. The number of anilines is 1. The van der Waals surface area contributed by atoms with E-state index in [1.54, 1.807) is 16.9 Å². The lowest BCUT2D eigenvalue weighted by Gasteiger charge is -2.05. The molecule has 0 unspecified atom stereocenters. The van der Waals surface area contributed by atoms with Crippen LogP contribution in [0.15, 0.2) is 42.7 Å². The molecule has 0 aliphatic carbocycles. The van der Waals surface area contributed by atoms with Crippen molar-refractivity contribution in [1.29, 1.82) is 0 Å². The molecule has 0 aliphatic heterocycles. The van der Waals surface area contributed by atoms with Crippen LogP contribution in [-0.2, 0) is 6.54 Å². The summed E-state index contributed by atoms with van der Waals surface area (Å²) in [5.41, 5.74) is 2.59. The summed E-state index contributed by atoms with van der Waals surface area (Å²) in [5.74, 6) is 7.10. The smallest absolute Gasteiger partial charge is 0.155 e. The van der Waals surface area contributed by atoms with Crippen molar-refractivity contribution >= 4 is 23.9 Å². The molecule has 6 heteroatoms. The van der Waals surface area contributed by atoms with Crippen molar-refractivity contribution in [2.24, 2.45) is 0 Å². The van der Waals surface area contributed by atoms with Crippen LogP contribution >= 0.6 is 12.4 Å². The van der Waals surface area contributed by atoms with Crippen LogP contribution in [-0.4, -0.2) is 19.6 Å². The zero-order chi connectivity index (χ0) is 15.9. The molecule has 0 amide bonds. The Balaban J connectivity index is 0.00000208. The third-order valence-corrected chi connectivity index (χ3v) is 3.41. The van der Waals surface area contributed by atoms with Crippen LogP contribution in [0.3, 0.4) is 0 Å². The number of fused-ring (bicyclic) bond motifs is 1. The SMILES string of the molecule is CCCCC#Cc1cnc2ccc(NCc3ccccn3)nn12.Cl. The fraction of sp³-hybridized carbons (Fsp3) is 0.278. The van der Waals surface area contributed by atoms with Gasteiger partial charge in [-0.3, -0.25) is 4.98 Å². The van der Waals surface area contributed by atoms with Gasteiger partial charge in [0.2, 0.25) is 0 Å². The number of nitrogens with one attached hydrogen (secondary N) is 1. The Bertz CT molecular complexity index is 833. The van der Waals surface area contributed by atoms with Gasteiger partial charge in [-0.1, -0.05) is 25.3 Å². The quantitative estimate of drug-likeness (QED) is 0.568. The maximum Gasteiger partial charge on any atom is 0.155 e. The fourth-order valence-corrected chi connectivity index (χ4v) is 2.15. The molecule has 0 radical (unpaired) electrons. The third-order valence-electron chi connectivity index (χ3n) is 3.41. The maximum atomic E-state index is 4.56. The number of pyridine rings is 1. The average molecular weight is 342 g/mol. The monoisotopic (exact) mass is 341 g/mol. The summed E-state index contributed by atoms with van der Waals surface area (Å²) in [6.07, 6.45) is 6.73. The van der Waals surface area contributed by atoms with Crippen molar-refractivity contribution < 1.29 is 0 Å². The normalized spacial score (nSPS) is 9.88. The molecule has 0 aromatic carbocycles. The van der Waals surface area contributed by atoms with Gasteiger partial charge in [0.15, 0.2) is 5.65 Å². The molecule has 0 fully saturated rings. The largest absolute Gasteiger partial charge is 0.363 e. The van der Waals surface area contributed by atoms with E-state index in [2.05, 4.69) is 39.1 Å². The molecule has 3 aromatic heterocycles. The lowest BCUT2D eigenvalue weighted by atomic mass is 10.2. The lowest BCUT2D eigenvalue weighted by molar-refractivity contribution is 0.827. The summed E-state index contributed by atoms with van der Waals surface area (Å²) in [5, 5.41) is 7.84. The Morgan fingerprint density at radius 2 is 2.08 bits per heavy atom. The standard InChI is InChI=1S/C18H19N5.ClH/c1-2-3-4-5-9-16-14-21-18-11-10-17(22-23(16)18)20-13-15-8-6-7-12-19-15;/h6-8,10-12,14H,2-4,13H2,1H3,(H,20,22);1H. The molecule has 5 nitrogen and oxygen atoms in total. The first-order valence-electron chi connectivity index (χ1n) is 7.84. The predicted molar refractivity (Wildman–Crippen MR) is 98.2 cm³/mol. The van der Waals surface area contributed by atoms with Crippen LogP contribution in [0.25, 0.3) is 5.65 Å². The number of halogens is 1. The number of hydrogen-bond acceptors (Lipinski definition) is 4. The van der Waals surface area contributed by atoms with Gasteiger partial charge in [-0.2, -0.15) is 0 Å². The van der Waals surface area contributed by atoms with Gasteiger partial charge in [0.25, 0.3) is 0 Å². The van der Waals surface area contributed by atoms with Crippen molar-refractivity contribution in [1.82, 2.24) is 19.6 Å². The van der Waals surface area contributed by atoms with E-state index in [9.17, 15) is 0 Å². The molecule has 0 saturated carbocycles. The highest BCUT2D eigenvalue weighted by Crippen LogP contribution is 2.09. The van der Waals surface area contributed by atoms with Gasteiger partial charge in [0.05, 0.1) is 18.4 Å². The Labute approximate surface area is 147 Å². The minimum atomic E-state index is 0. The number of aromatic nitrogens is 4. The Hall–Kier alpha value is -2.58. The number of nitrogens with zero attached hydrogens (tertiary/aromatic N) is 4. The van der Waals surface area contributed by atoms with Crippen molar-refractivity contribution in [3.8, 4) is 11.8 Å². The Morgan fingerprint density at radius 3 is 2.88 bits per heavy atom. The van der Waals surface area contributed by atoms with Gasteiger partial charge in [-0.15, -0.1) is 17.5 Å². The van der Waals surface area contributed by atoms with E-state index >= 15 is 0 Å². The van der Waals surface area contributed by atoms with E-state index in [-0.39, 0.29) is 12.4 Å². The van der Waals surface area contributed by atoms with Crippen molar-refractivity contribution in [2.45, 2.75) is 32.7 Å².